The lowest BCUT2D eigenvalue weighted by Gasteiger charge is -2.22. The number of nitrogens with one attached hydrogen (secondary N) is 2. The van der Waals surface area contributed by atoms with Gasteiger partial charge in [-0.1, -0.05) is 18.2 Å². The maximum Gasteiger partial charge on any atom is 0.251 e. The van der Waals surface area contributed by atoms with Gasteiger partial charge in [0.25, 0.3) is 5.91 Å². The topological polar surface area (TPSA) is 76.1 Å². The van der Waals surface area contributed by atoms with E-state index in [1.807, 2.05) is 13.8 Å². The van der Waals surface area contributed by atoms with Crippen LogP contribution < -0.4 is 15.4 Å². The highest BCUT2D eigenvalue weighted by Gasteiger charge is 2.18. The van der Waals surface area contributed by atoms with Crippen LogP contribution in [0.1, 0.15) is 35.6 Å². The lowest BCUT2D eigenvalue weighted by molar-refractivity contribution is 0.0937. The molecule has 0 spiro atoms. The zero-order valence-electron chi connectivity index (χ0n) is 16.5. The van der Waals surface area contributed by atoms with Crippen LogP contribution in [0.4, 0.5) is 9.52 Å². The predicted octanol–water partition coefficient (Wildman–Crippen LogP) is 3.90. The molecule has 8 heteroatoms. The molecule has 0 aliphatic heterocycles. The van der Waals surface area contributed by atoms with E-state index in [9.17, 15) is 9.18 Å². The molecule has 2 aromatic carbocycles. The summed E-state index contributed by atoms with van der Waals surface area (Å²) in [6.07, 6.45) is 0.336. The number of anilines is 1. The molecule has 0 radical (unpaired) electrons. The number of carbonyl (C=O) groups is 1. The zero-order valence-corrected chi connectivity index (χ0v) is 17.3. The SMILES string of the molecule is COc1ccc(C(=O)NC(C)C(C)Nc2nc(Cc3ccccc3F)ns2)cc1. The van der Waals surface area contributed by atoms with Crippen LogP contribution in [0.25, 0.3) is 0 Å². The maximum atomic E-state index is 13.8. The Balaban J connectivity index is 1.55. The molecule has 0 bridgehead atoms. The summed E-state index contributed by atoms with van der Waals surface area (Å²) in [6, 6.07) is 13.3. The van der Waals surface area contributed by atoms with E-state index in [-0.39, 0.29) is 23.8 Å². The number of hydrogen-bond donors (Lipinski definition) is 2. The third-order valence-corrected chi connectivity index (χ3v) is 5.27. The van der Waals surface area contributed by atoms with Gasteiger partial charge in [0.05, 0.1) is 7.11 Å². The third kappa shape index (κ3) is 5.51. The van der Waals surface area contributed by atoms with Crippen LogP contribution in [0.2, 0.25) is 0 Å². The molecule has 2 unspecified atom stereocenters. The molecule has 0 saturated carbocycles. The van der Waals surface area contributed by atoms with Crippen molar-refractivity contribution in [3.8, 4) is 5.75 Å². The molecular weight excluding hydrogens is 391 g/mol. The molecule has 2 atom stereocenters. The molecule has 152 valence electrons. The first kappa shape index (κ1) is 20.7. The molecule has 0 aliphatic rings. The van der Waals surface area contributed by atoms with Gasteiger partial charge in [0, 0.05) is 35.6 Å². The summed E-state index contributed by atoms with van der Waals surface area (Å²) in [5.41, 5.74) is 1.12. The number of methoxy groups -OCH3 is 1. The first-order chi connectivity index (χ1) is 14.0. The van der Waals surface area contributed by atoms with Gasteiger partial charge in [-0.3, -0.25) is 4.79 Å². The van der Waals surface area contributed by atoms with Crippen LogP contribution in [-0.4, -0.2) is 34.5 Å². The highest BCUT2D eigenvalue weighted by molar-refractivity contribution is 7.09. The van der Waals surface area contributed by atoms with Crippen molar-refractivity contribution in [3.63, 3.8) is 0 Å². The molecule has 3 rings (SSSR count). The van der Waals surface area contributed by atoms with Gasteiger partial charge >= 0.3 is 0 Å². The summed E-state index contributed by atoms with van der Waals surface area (Å²) in [4.78, 5) is 16.8. The number of aromatic nitrogens is 2. The molecule has 1 aromatic heterocycles. The van der Waals surface area contributed by atoms with Gasteiger partial charge in [-0.25, -0.2) is 9.37 Å². The van der Waals surface area contributed by atoms with Crippen molar-refractivity contribution in [1.29, 1.82) is 0 Å². The average molecular weight is 415 g/mol. The first-order valence-electron chi connectivity index (χ1n) is 9.23. The Bertz CT molecular complexity index is 961. The fourth-order valence-corrected chi connectivity index (χ4v) is 3.36. The van der Waals surface area contributed by atoms with Crippen molar-refractivity contribution < 1.29 is 13.9 Å². The summed E-state index contributed by atoms with van der Waals surface area (Å²) in [6.45, 7) is 3.87. The van der Waals surface area contributed by atoms with Gasteiger partial charge in [0.2, 0.25) is 5.13 Å². The van der Waals surface area contributed by atoms with Crippen LogP contribution in [-0.2, 0) is 6.42 Å². The molecule has 6 nitrogen and oxygen atoms in total. The van der Waals surface area contributed by atoms with Crippen molar-refractivity contribution in [3.05, 3.63) is 71.3 Å². The van der Waals surface area contributed by atoms with Crippen LogP contribution >= 0.6 is 11.5 Å². The largest absolute Gasteiger partial charge is 0.497 e. The van der Waals surface area contributed by atoms with Crippen LogP contribution in [0, 0.1) is 5.82 Å². The van der Waals surface area contributed by atoms with Gasteiger partial charge in [0.1, 0.15) is 17.4 Å². The van der Waals surface area contributed by atoms with E-state index in [0.717, 1.165) is 0 Å². The van der Waals surface area contributed by atoms with Crippen molar-refractivity contribution in [2.24, 2.45) is 0 Å². The molecule has 1 amide bonds. The van der Waals surface area contributed by atoms with E-state index in [2.05, 4.69) is 20.0 Å². The number of benzene rings is 2. The van der Waals surface area contributed by atoms with E-state index in [1.165, 1.54) is 17.6 Å². The minimum atomic E-state index is -0.264. The molecule has 3 aromatic rings. The van der Waals surface area contributed by atoms with E-state index < -0.39 is 0 Å². The number of nitrogens with zero attached hydrogens (tertiary/aromatic N) is 2. The number of halogens is 1. The van der Waals surface area contributed by atoms with Gasteiger partial charge in [-0.2, -0.15) is 4.37 Å². The quantitative estimate of drug-likeness (QED) is 0.585. The van der Waals surface area contributed by atoms with E-state index in [1.54, 1.807) is 49.6 Å². The number of hydrogen-bond acceptors (Lipinski definition) is 6. The second-order valence-electron chi connectivity index (χ2n) is 6.71. The minimum Gasteiger partial charge on any atom is -0.497 e. The molecule has 0 fully saturated rings. The molecule has 0 aliphatic carbocycles. The third-order valence-electron chi connectivity index (χ3n) is 4.59. The number of carbonyl (C=O) groups excluding carboxylic acids is 1. The van der Waals surface area contributed by atoms with Gasteiger partial charge in [0.15, 0.2) is 0 Å². The number of ether oxygens (including phenoxy) is 1. The van der Waals surface area contributed by atoms with Crippen molar-refractivity contribution in [2.45, 2.75) is 32.4 Å². The lowest BCUT2D eigenvalue weighted by Crippen LogP contribution is -2.43. The predicted molar refractivity (Wildman–Crippen MR) is 112 cm³/mol. The summed E-state index contributed by atoms with van der Waals surface area (Å²) < 4.78 is 23.2. The monoisotopic (exact) mass is 414 g/mol. The smallest absolute Gasteiger partial charge is 0.251 e. The molecule has 0 saturated heterocycles. The Morgan fingerprint density at radius 2 is 1.86 bits per heavy atom. The normalized spacial score (nSPS) is 12.8. The second kappa shape index (κ2) is 9.47. The number of rotatable bonds is 8. The average Bonchev–Trinajstić information content (AvgIpc) is 3.16. The van der Waals surface area contributed by atoms with E-state index >= 15 is 0 Å². The molecule has 1 heterocycles. The summed E-state index contributed by atoms with van der Waals surface area (Å²) in [5, 5.41) is 6.86. The number of amides is 1. The Hall–Kier alpha value is -3.00. The Kier molecular flexibility index (Phi) is 6.77. The zero-order chi connectivity index (χ0) is 20.8. The highest BCUT2D eigenvalue weighted by Crippen LogP contribution is 2.17. The summed E-state index contributed by atoms with van der Waals surface area (Å²) in [7, 11) is 1.58. The molecule has 2 N–H and O–H groups in total. The van der Waals surface area contributed by atoms with E-state index in [4.69, 9.17) is 4.74 Å². The minimum absolute atomic E-state index is 0.0774. The Morgan fingerprint density at radius 3 is 2.55 bits per heavy atom. The summed E-state index contributed by atoms with van der Waals surface area (Å²) >= 11 is 1.22. The van der Waals surface area contributed by atoms with Gasteiger partial charge < -0.3 is 15.4 Å². The fourth-order valence-electron chi connectivity index (χ4n) is 2.67. The second-order valence-corrected chi connectivity index (χ2v) is 7.46. The van der Waals surface area contributed by atoms with Crippen molar-refractivity contribution in [2.75, 3.05) is 12.4 Å². The van der Waals surface area contributed by atoms with Gasteiger partial charge in [-0.05, 0) is 49.7 Å². The van der Waals surface area contributed by atoms with Crippen molar-refractivity contribution >= 4 is 22.6 Å². The first-order valence-corrected chi connectivity index (χ1v) is 10.0. The lowest BCUT2D eigenvalue weighted by atomic mass is 10.1. The van der Waals surface area contributed by atoms with E-state index in [0.29, 0.717) is 34.3 Å². The standard InChI is InChI=1S/C21H23FN4O2S/c1-13(23-20(27)15-8-10-17(28-3)11-9-15)14(2)24-21-25-19(26-29-21)12-16-6-4-5-7-18(16)22/h4-11,13-14H,12H2,1-3H3,(H,23,27)(H,24,25,26). The molecule has 29 heavy (non-hydrogen) atoms. The maximum absolute atomic E-state index is 13.8. The van der Waals surface area contributed by atoms with Crippen LogP contribution in [0.5, 0.6) is 5.75 Å². The highest BCUT2D eigenvalue weighted by atomic mass is 32.1. The van der Waals surface area contributed by atoms with Gasteiger partial charge in [-0.15, -0.1) is 0 Å². The Labute approximate surface area is 173 Å². The van der Waals surface area contributed by atoms with Crippen LogP contribution in [0.15, 0.2) is 48.5 Å². The van der Waals surface area contributed by atoms with Crippen LogP contribution in [0.3, 0.4) is 0 Å². The fraction of sp³-hybridized carbons (Fsp3) is 0.286. The summed E-state index contributed by atoms with van der Waals surface area (Å²) in [5.74, 6) is 0.836. The molecular formula is C21H23FN4O2S. The Morgan fingerprint density at radius 1 is 1.14 bits per heavy atom. The van der Waals surface area contributed by atoms with Crippen molar-refractivity contribution in [1.82, 2.24) is 14.7 Å².